The summed E-state index contributed by atoms with van der Waals surface area (Å²) in [5.74, 6) is 1.19. The lowest BCUT2D eigenvalue weighted by Gasteiger charge is -2.09. The van der Waals surface area contributed by atoms with Crippen molar-refractivity contribution in [2.24, 2.45) is 0 Å². The van der Waals surface area contributed by atoms with Crippen molar-refractivity contribution in [2.75, 3.05) is 5.75 Å². The summed E-state index contributed by atoms with van der Waals surface area (Å²) in [5.41, 5.74) is 1.51. The highest BCUT2D eigenvalue weighted by molar-refractivity contribution is 7.98. The molecule has 0 saturated carbocycles. The van der Waals surface area contributed by atoms with Gasteiger partial charge in [0.15, 0.2) is 0 Å². The maximum Gasteiger partial charge on any atom is 0.128 e. The molecule has 0 amide bonds. The van der Waals surface area contributed by atoms with Gasteiger partial charge >= 0.3 is 0 Å². The van der Waals surface area contributed by atoms with Crippen LogP contribution in [0.3, 0.4) is 0 Å². The molecule has 0 bridgehead atoms. The molecule has 0 radical (unpaired) electrons. The smallest absolute Gasteiger partial charge is 0.128 e. The van der Waals surface area contributed by atoms with Gasteiger partial charge in [-0.05, 0) is 42.0 Å². The van der Waals surface area contributed by atoms with Crippen LogP contribution >= 0.6 is 34.7 Å². The van der Waals surface area contributed by atoms with Crippen molar-refractivity contribution < 1.29 is 8.78 Å². The van der Waals surface area contributed by atoms with Crippen molar-refractivity contribution in [1.82, 2.24) is 0 Å². The van der Waals surface area contributed by atoms with Crippen LogP contribution in [-0.4, -0.2) is 5.75 Å². The summed E-state index contributed by atoms with van der Waals surface area (Å²) < 4.78 is 27.0. The molecule has 0 nitrogen and oxygen atoms in total. The maximum absolute atomic E-state index is 13.7. The molecule has 1 atom stereocenters. The first-order chi connectivity index (χ1) is 9.15. The fourth-order valence-electron chi connectivity index (χ4n) is 2.16. The van der Waals surface area contributed by atoms with Gasteiger partial charge in [-0.15, -0.1) is 22.9 Å². The van der Waals surface area contributed by atoms with Gasteiger partial charge in [-0.1, -0.05) is 0 Å². The molecule has 5 heteroatoms. The fourth-order valence-corrected chi connectivity index (χ4v) is 4.89. The Morgan fingerprint density at radius 2 is 2.05 bits per heavy atom. The van der Waals surface area contributed by atoms with E-state index in [1.165, 1.54) is 16.5 Å². The fraction of sp³-hybridized carbons (Fsp3) is 0.286. The zero-order chi connectivity index (χ0) is 13.4. The van der Waals surface area contributed by atoms with Crippen molar-refractivity contribution in [3.63, 3.8) is 0 Å². The predicted molar refractivity (Wildman–Crippen MR) is 78.2 cm³/mol. The summed E-state index contributed by atoms with van der Waals surface area (Å²) >= 11 is 9.84. The molecule has 1 unspecified atom stereocenters. The zero-order valence-corrected chi connectivity index (χ0v) is 12.3. The van der Waals surface area contributed by atoms with E-state index in [1.54, 1.807) is 11.3 Å². The Morgan fingerprint density at radius 1 is 1.21 bits per heavy atom. The molecule has 1 aromatic heterocycles. The topological polar surface area (TPSA) is 0 Å². The van der Waals surface area contributed by atoms with E-state index in [9.17, 15) is 8.78 Å². The molecule has 19 heavy (non-hydrogen) atoms. The monoisotopic (exact) mass is 316 g/mol. The molecule has 100 valence electrons. The summed E-state index contributed by atoms with van der Waals surface area (Å²) in [7, 11) is 0. The van der Waals surface area contributed by atoms with Gasteiger partial charge in [0.05, 0.1) is 5.38 Å². The van der Waals surface area contributed by atoms with Gasteiger partial charge in [-0.3, -0.25) is 0 Å². The first kappa shape index (κ1) is 13.4. The minimum absolute atomic E-state index is 0.216. The minimum Gasteiger partial charge on any atom is -0.207 e. The van der Waals surface area contributed by atoms with Crippen molar-refractivity contribution >= 4 is 34.7 Å². The number of aryl methyl sites for hydroxylation is 1. The molecule has 2 aromatic rings. The third kappa shape index (κ3) is 2.67. The van der Waals surface area contributed by atoms with Crippen LogP contribution in [0, 0.1) is 11.6 Å². The summed E-state index contributed by atoms with van der Waals surface area (Å²) in [6.45, 7) is 0. The molecule has 2 heterocycles. The van der Waals surface area contributed by atoms with Gasteiger partial charge in [0.2, 0.25) is 0 Å². The van der Waals surface area contributed by atoms with E-state index in [1.807, 2.05) is 17.8 Å². The van der Waals surface area contributed by atoms with Crippen molar-refractivity contribution in [1.29, 1.82) is 0 Å². The van der Waals surface area contributed by atoms with Gasteiger partial charge < -0.3 is 0 Å². The Morgan fingerprint density at radius 3 is 2.84 bits per heavy atom. The quantitative estimate of drug-likeness (QED) is 0.691. The van der Waals surface area contributed by atoms with E-state index in [-0.39, 0.29) is 5.56 Å². The van der Waals surface area contributed by atoms with Crippen LogP contribution in [-0.2, 0) is 12.2 Å². The van der Waals surface area contributed by atoms with Crippen molar-refractivity contribution in [2.45, 2.75) is 17.6 Å². The number of fused-ring (bicyclic) bond motifs is 1. The average molecular weight is 317 g/mol. The Labute approximate surface area is 123 Å². The average Bonchev–Trinajstić information content (AvgIpc) is 2.84. The van der Waals surface area contributed by atoms with Gasteiger partial charge in [-0.2, -0.15) is 11.8 Å². The van der Waals surface area contributed by atoms with Crippen LogP contribution in [0.1, 0.15) is 26.3 Å². The molecule has 0 fully saturated rings. The molecule has 0 spiro atoms. The Balaban J connectivity index is 1.97. The molecule has 0 N–H and O–H groups in total. The minimum atomic E-state index is -0.615. The molecule has 0 saturated heterocycles. The second-order valence-corrected chi connectivity index (χ2v) is 7.14. The Kier molecular flexibility index (Phi) is 3.83. The lowest BCUT2D eigenvalue weighted by atomic mass is 10.1. The van der Waals surface area contributed by atoms with Gasteiger partial charge in [0, 0.05) is 21.1 Å². The number of benzene rings is 1. The highest BCUT2D eigenvalue weighted by Crippen LogP contribution is 2.40. The number of hydrogen-bond donors (Lipinski definition) is 0. The zero-order valence-electron chi connectivity index (χ0n) is 9.96. The number of hydrogen-bond acceptors (Lipinski definition) is 2. The normalized spacial score (nSPS) is 16.2. The summed E-state index contributed by atoms with van der Waals surface area (Å²) in [6.07, 6.45) is 1.04. The van der Waals surface area contributed by atoms with Crippen LogP contribution in [0.15, 0.2) is 24.3 Å². The molecule has 1 aromatic carbocycles. The lowest BCUT2D eigenvalue weighted by Crippen LogP contribution is -1.96. The summed E-state index contributed by atoms with van der Waals surface area (Å²) in [6, 6.07) is 5.45. The Bertz CT molecular complexity index is 586. The predicted octanol–water partition coefficient (Wildman–Crippen LogP) is 5.14. The maximum atomic E-state index is 13.7. The van der Waals surface area contributed by atoms with Crippen LogP contribution in [0.5, 0.6) is 0 Å². The van der Waals surface area contributed by atoms with Crippen LogP contribution in [0.25, 0.3) is 0 Å². The van der Waals surface area contributed by atoms with Gasteiger partial charge in [-0.25, -0.2) is 8.78 Å². The molecular weight excluding hydrogens is 306 g/mol. The first-order valence-electron chi connectivity index (χ1n) is 5.93. The highest BCUT2D eigenvalue weighted by Gasteiger charge is 2.21. The van der Waals surface area contributed by atoms with Crippen LogP contribution in [0.2, 0.25) is 0 Å². The molecule has 0 aliphatic carbocycles. The third-order valence-corrected chi connectivity index (χ3v) is 6.04. The number of thioether (sulfide) groups is 1. The van der Waals surface area contributed by atoms with E-state index in [4.69, 9.17) is 11.6 Å². The SMILES string of the molecule is Fc1ccc(F)c(C(Cl)c2cc3c(s2)CCSC3)c1. The van der Waals surface area contributed by atoms with Crippen molar-refractivity contribution in [3.05, 3.63) is 56.8 Å². The van der Waals surface area contributed by atoms with E-state index in [2.05, 4.69) is 0 Å². The summed E-state index contributed by atoms with van der Waals surface area (Å²) in [4.78, 5) is 2.23. The van der Waals surface area contributed by atoms with E-state index >= 15 is 0 Å². The number of halogens is 3. The van der Waals surface area contributed by atoms with E-state index in [0.29, 0.717) is 0 Å². The molecule has 1 aliphatic heterocycles. The van der Waals surface area contributed by atoms with E-state index < -0.39 is 17.0 Å². The van der Waals surface area contributed by atoms with Gasteiger partial charge in [0.25, 0.3) is 0 Å². The third-order valence-electron chi connectivity index (χ3n) is 3.13. The molecule has 1 aliphatic rings. The largest absolute Gasteiger partial charge is 0.207 e. The second kappa shape index (κ2) is 5.43. The molecule has 3 rings (SSSR count). The standard InChI is InChI=1S/C14H11ClF2S2/c15-14(10-6-9(16)1-2-11(10)17)13-5-8-7-18-4-3-12(8)19-13/h1-2,5-6,14H,3-4,7H2. The Hall–Kier alpha value is -0.580. The second-order valence-electron chi connectivity index (χ2n) is 4.43. The lowest BCUT2D eigenvalue weighted by molar-refractivity contribution is 0.587. The first-order valence-corrected chi connectivity index (χ1v) is 8.34. The number of rotatable bonds is 2. The van der Waals surface area contributed by atoms with E-state index in [0.717, 1.165) is 34.9 Å². The van der Waals surface area contributed by atoms with Crippen LogP contribution < -0.4 is 0 Å². The van der Waals surface area contributed by atoms with Crippen molar-refractivity contribution in [3.8, 4) is 0 Å². The number of thiophene rings is 1. The number of alkyl halides is 1. The summed E-state index contributed by atoms with van der Waals surface area (Å²) in [5, 5.41) is -0.615. The van der Waals surface area contributed by atoms with Crippen LogP contribution in [0.4, 0.5) is 8.78 Å². The highest BCUT2D eigenvalue weighted by atomic mass is 35.5. The van der Waals surface area contributed by atoms with Gasteiger partial charge in [0.1, 0.15) is 11.6 Å². The molecular formula is C14H11ClF2S2.